The Hall–Kier alpha value is -1.40. The number of rotatable bonds is 5. The zero-order chi connectivity index (χ0) is 14.8. The average Bonchev–Trinajstić information content (AvgIpc) is 3.09. The number of amides is 1. The molecule has 1 amide bonds. The second-order valence-electron chi connectivity index (χ2n) is 5.82. The number of ether oxygens (including phenoxy) is 2. The molecule has 2 fully saturated rings. The lowest BCUT2D eigenvalue weighted by Crippen LogP contribution is -2.45. The maximum absolute atomic E-state index is 12.7. The number of hydrogen-bond acceptors (Lipinski definition) is 4. The van der Waals surface area contributed by atoms with E-state index in [9.17, 15) is 4.79 Å². The number of carbonyl (C=O) groups excluding carboxylic acids is 1. The van der Waals surface area contributed by atoms with Crippen molar-refractivity contribution >= 4 is 5.91 Å². The van der Waals surface area contributed by atoms with Crippen molar-refractivity contribution in [3.63, 3.8) is 0 Å². The van der Waals surface area contributed by atoms with Crippen molar-refractivity contribution in [3.05, 3.63) is 18.2 Å². The Morgan fingerprint density at radius 2 is 2.24 bits per heavy atom. The van der Waals surface area contributed by atoms with Crippen LogP contribution in [0, 0.1) is 5.92 Å². The molecular formula is C15H23N3O3. The van der Waals surface area contributed by atoms with Crippen LogP contribution in [0.5, 0.6) is 0 Å². The van der Waals surface area contributed by atoms with Gasteiger partial charge < -0.3 is 19.4 Å². The minimum Gasteiger partial charge on any atom is -0.380 e. The first-order chi connectivity index (χ1) is 10.2. The van der Waals surface area contributed by atoms with Gasteiger partial charge in [-0.1, -0.05) is 0 Å². The summed E-state index contributed by atoms with van der Waals surface area (Å²) in [7, 11) is 1.70. The predicted molar refractivity (Wildman–Crippen MR) is 76.6 cm³/mol. The van der Waals surface area contributed by atoms with E-state index in [1.54, 1.807) is 19.5 Å². The lowest BCUT2D eigenvalue weighted by atomic mass is 9.81. The Balaban J connectivity index is 1.66. The van der Waals surface area contributed by atoms with Gasteiger partial charge in [-0.2, -0.15) is 0 Å². The van der Waals surface area contributed by atoms with Crippen molar-refractivity contribution in [3.8, 4) is 0 Å². The number of carbonyl (C=O) groups is 1. The van der Waals surface area contributed by atoms with Gasteiger partial charge in [0.25, 0.3) is 0 Å². The minimum absolute atomic E-state index is 0.00333. The summed E-state index contributed by atoms with van der Waals surface area (Å²) in [6, 6.07) is 0.00333. The number of aromatic amines is 1. The molecule has 2 atom stereocenters. The normalized spacial score (nSPS) is 32.2. The highest BCUT2D eigenvalue weighted by atomic mass is 16.5. The summed E-state index contributed by atoms with van der Waals surface area (Å²) in [5, 5.41) is 0. The maximum atomic E-state index is 12.7. The molecule has 1 saturated carbocycles. The summed E-state index contributed by atoms with van der Waals surface area (Å²) in [4.78, 5) is 22.1. The fraction of sp³-hybridized carbons (Fsp3) is 0.733. The van der Waals surface area contributed by atoms with E-state index in [1.807, 2.05) is 11.8 Å². The maximum Gasteiger partial charge on any atom is 0.226 e. The molecule has 1 saturated heterocycles. The Morgan fingerprint density at radius 3 is 2.86 bits per heavy atom. The van der Waals surface area contributed by atoms with Gasteiger partial charge in [0.1, 0.15) is 5.82 Å². The Bertz CT molecular complexity index is 471. The van der Waals surface area contributed by atoms with Crippen molar-refractivity contribution < 1.29 is 14.3 Å². The van der Waals surface area contributed by atoms with E-state index >= 15 is 0 Å². The van der Waals surface area contributed by atoms with E-state index in [-0.39, 0.29) is 30.1 Å². The van der Waals surface area contributed by atoms with E-state index in [0.29, 0.717) is 6.54 Å². The number of nitrogens with zero attached hydrogens (tertiary/aromatic N) is 2. The fourth-order valence-corrected chi connectivity index (χ4v) is 3.30. The van der Waals surface area contributed by atoms with Crippen molar-refractivity contribution in [2.24, 2.45) is 5.92 Å². The molecule has 1 aromatic heterocycles. The number of methoxy groups -OCH3 is 1. The third-order valence-corrected chi connectivity index (χ3v) is 4.56. The number of hydrogen-bond donors (Lipinski definition) is 1. The Labute approximate surface area is 124 Å². The highest BCUT2D eigenvalue weighted by Crippen LogP contribution is 2.38. The molecule has 1 aliphatic carbocycles. The van der Waals surface area contributed by atoms with Gasteiger partial charge in [0.15, 0.2) is 0 Å². The van der Waals surface area contributed by atoms with Crippen LogP contribution < -0.4 is 0 Å². The number of imidazole rings is 1. The Morgan fingerprint density at radius 1 is 1.43 bits per heavy atom. The van der Waals surface area contributed by atoms with Crippen LogP contribution in [0.4, 0.5) is 0 Å². The standard InChI is InChI=1S/C15H23N3O3/c1-3-21-11-6-10(7-11)15(19)18-9-12(20-2)8-13(18)14-16-4-5-17-14/h4-5,10-13H,3,6-9H2,1-2H3,(H,16,17)/t10?,11?,12-,13?/m1/s1. The zero-order valence-electron chi connectivity index (χ0n) is 12.6. The molecule has 1 N–H and O–H groups in total. The second-order valence-corrected chi connectivity index (χ2v) is 5.82. The number of H-pyrrole nitrogens is 1. The third kappa shape index (κ3) is 2.82. The molecule has 0 spiro atoms. The van der Waals surface area contributed by atoms with Crippen LogP contribution in [0.25, 0.3) is 0 Å². The van der Waals surface area contributed by atoms with Gasteiger partial charge in [-0.25, -0.2) is 4.98 Å². The van der Waals surface area contributed by atoms with Crippen molar-refractivity contribution in [2.45, 2.75) is 44.4 Å². The van der Waals surface area contributed by atoms with Crippen LogP contribution in [0.3, 0.4) is 0 Å². The fourth-order valence-electron chi connectivity index (χ4n) is 3.30. The smallest absolute Gasteiger partial charge is 0.226 e. The summed E-state index contributed by atoms with van der Waals surface area (Å²) in [6.45, 7) is 3.36. The van der Waals surface area contributed by atoms with Crippen molar-refractivity contribution in [2.75, 3.05) is 20.3 Å². The van der Waals surface area contributed by atoms with Gasteiger partial charge in [-0.05, 0) is 19.8 Å². The lowest BCUT2D eigenvalue weighted by Gasteiger charge is -2.37. The van der Waals surface area contributed by atoms with E-state index in [2.05, 4.69) is 9.97 Å². The topological polar surface area (TPSA) is 67.4 Å². The first-order valence-corrected chi connectivity index (χ1v) is 7.67. The van der Waals surface area contributed by atoms with Gasteiger partial charge >= 0.3 is 0 Å². The first kappa shape index (κ1) is 14.5. The largest absolute Gasteiger partial charge is 0.380 e. The van der Waals surface area contributed by atoms with E-state index in [1.165, 1.54) is 0 Å². The van der Waals surface area contributed by atoms with Crippen LogP contribution in [0.2, 0.25) is 0 Å². The summed E-state index contributed by atoms with van der Waals surface area (Å²) < 4.78 is 11.0. The summed E-state index contributed by atoms with van der Waals surface area (Å²) >= 11 is 0. The quantitative estimate of drug-likeness (QED) is 0.893. The molecule has 6 nitrogen and oxygen atoms in total. The van der Waals surface area contributed by atoms with E-state index in [0.717, 1.165) is 31.7 Å². The highest BCUT2D eigenvalue weighted by Gasteiger charge is 2.44. The van der Waals surface area contributed by atoms with Crippen LogP contribution in [0.15, 0.2) is 12.4 Å². The number of likely N-dealkylation sites (tertiary alicyclic amines) is 1. The molecule has 1 aliphatic heterocycles. The first-order valence-electron chi connectivity index (χ1n) is 7.67. The van der Waals surface area contributed by atoms with Crippen LogP contribution in [-0.4, -0.2) is 53.2 Å². The Kier molecular flexibility index (Phi) is 4.26. The second kappa shape index (κ2) is 6.15. The summed E-state index contributed by atoms with van der Waals surface area (Å²) in [5.74, 6) is 1.16. The van der Waals surface area contributed by atoms with Crippen molar-refractivity contribution in [1.29, 1.82) is 0 Å². The molecule has 0 aromatic carbocycles. The summed E-state index contributed by atoms with van der Waals surface area (Å²) in [6.07, 6.45) is 6.35. The molecule has 1 unspecified atom stereocenters. The molecule has 2 heterocycles. The number of aromatic nitrogens is 2. The third-order valence-electron chi connectivity index (χ3n) is 4.56. The zero-order valence-corrected chi connectivity index (χ0v) is 12.6. The molecule has 1 aromatic rings. The van der Waals surface area contributed by atoms with Gasteiger partial charge in [0.05, 0.1) is 18.2 Å². The highest BCUT2D eigenvalue weighted by molar-refractivity contribution is 5.80. The van der Waals surface area contributed by atoms with Crippen molar-refractivity contribution in [1.82, 2.24) is 14.9 Å². The molecule has 3 rings (SSSR count). The monoisotopic (exact) mass is 293 g/mol. The summed E-state index contributed by atoms with van der Waals surface area (Å²) in [5.41, 5.74) is 0. The van der Waals surface area contributed by atoms with E-state index < -0.39 is 0 Å². The molecule has 21 heavy (non-hydrogen) atoms. The molecule has 116 valence electrons. The van der Waals surface area contributed by atoms with Gasteiger partial charge in [0.2, 0.25) is 5.91 Å². The van der Waals surface area contributed by atoms with Gasteiger partial charge in [-0.15, -0.1) is 0 Å². The number of nitrogens with one attached hydrogen (secondary N) is 1. The predicted octanol–water partition coefficient (Wildman–Crippen LogP) is 1.51. The molecule has 2 aliphatic rings. The van der Waals surface area contributed by atoms with Crippen LogP contribution in [-0.2, 0) is 14.3 Å². The molecular weight excluding hydrogens is 270 g/mol. The average molecular weight is 293 g/mol. The SMILES string of the molecule is CCOC1CC(C(=O)N2C[C@H](OC)CC2c2ncc[nH]2)C1. The lowest BCUT2D eigenvalue weighted by molar-refractivity contribution is -0.146. The van der Waals surface area contributed by atoms with Crippen LogP contribution >= 0.6 is 0 Å². The van der Waals surface area contributed by atoms with Gasteiger partial charge in [-0.3, -0.25) is 4.79 Å². The molecule has 0 bridgehead atoms. The molecule has 0 radical (unpaired) electrons. The van der Waals surface area contributed by atoms with Gasteiger partial charge in [0, 0.05) is 45.0 Å². The molecule has 6 heteroatoms. The van der Waals surface area contributed by atoms with E-state index in [4.69, 9.17) is 9.47 Å². The minimum atomic E-state index is 0.00333. The van der Waals surface area contributed by atoms with Crippen LogP contribution in [0.1, 0.15) is 38.1 Å².